The lowest BCUT2D eigenvalue weighted by molar-refractivity contribution is -0.145. The summed E-state index contributed by atoms with van der Waals surface area (Å²) >= 11 is 0. The van der Waals surface area contributed by atoms with Crippen LogP contribution in [0.25, 0.3) is 0 Å². The van der Waals surface area contributed by atoms with Crippen LogP contribution in [0.1, 0.15) is 32.4 Å². The molecule has 1 aromatic heterocycles. The molecule has 0 fully saturated rings. The van der Waals surface area contributed by atoms with Crippen molar-refractivity contribution >= 4 is 17.7 Å². The van der Waals surface area contributed by atoms with Crippen LogP contribution in [0.4, 0.5) is 5.82 Å². The minimum Gasteiger partial charge on any atom is -0.480 e. The maximum absolute atomic E-state index is 11.7. The average molecular weight is 269 g/mol. The number of hydrogen-bond acceptors (Lipinski definition) is 5. The van der Waals surface area contributed by atoms with Gasteiger partial charge in [-0.05, 0) is 19.8 Å². The molecular weight excluding hydrogens is 250 g/mol. The van der Waals surface area contributed by atoms with Gasteiger partial charge in [0.15, 0.2) is 5.82 Å². The molecule has 0 radical (unpaired) electrons. The van der Waals surface area contributed by atoms with Gasteiger partial charge in [-0.1, -0.05) is 19.0 Å². The second-order valence-electron chi connectivity index (χ2n) is 4.32. The van der Waals surface area contributed by atoms with Crippen molar-refractivity contribution in [1.82, 2.24) is 10.5 Å². The number of aliphatic carboxylic acids is 1. The summed E-state index contributed by atoms with van der Waals surface area (Å²) in [6.07, 6.45) is 0.796. The lowest BCUT2D eigenvalue weighted by atomic mass is 9.93. The van der Waals surface area contributed by atoms with Crippen LogP contribution < -0.4 is 10.6 Å². The van der Waals surface area contributed by atoms with E-state index >= 15 is 0 Å². The van der Waals surface area contributed by atoms with Gasteiger partial charge in [0.05, 0.1) is 6.54 Å². The van der Waals surface area contributed by atoms with Crippen molar-refractivity contribution < 1.29 is 19.2 Å². The fourth-order valence-corrected chi connectivity index (χ4v) is 1.74. The molecule has 0 spiro atoms. The first-order chi connectivity index (χ1) is 8.93. The Morgan fingerprint density at radius 3 is 2.47 bits per heavy atom. The Morgan fingerprint density at radius 1 is 1.42 bits per heavy atom. The fraction of sp³-hybridized carbons (Fsp3) is 0.583. The summed E-state index contributed by atoms with van der Waals surface area (Å²) in [6.45, 7) is 5.15. The first-order valence-electron chi connectivity index (χ1n) is 6.15. The summed E-state index contributed by atoms with van der Waals surface area (Å²) in [5.41, 5.74) is -1.07. The minimum atomic E-state index is -1.07. The molecule has 7 nitrogen and oxygen atoms in total. The van der Waals surface area contributed by atoms with Crippen molar-refractivity contribution in [2.75, 3.05) is 11.9 Å². The van der Waals surface area contributed by atoms with Gasteiger partial charge < -0.3 is 14.9 Å². The number of rotatable bonds is 7. The lowest BCUT2D eigenvalue weighted by Gasteiger charge is -2.27. The third-order valence-corrected chi connectivity index (χ3v) is 3.10. The zero-order valence-electron chi connectivity index (χ0n) is 11.3. The van der Waals surface area contributed by atoms with Crippen LogP contribution in [0, 0.1) is 6.92 Å². The van der Waals surface area contributed by atoms with Gasteiger partial charge in [-0.3, -0.25) is 14.9 Å². The van der Waals surface area contributed by atoms with Crippen LogP contribution in [0.3, 0.4) is 0 Å². The van der Waals surface area contributed by atoms with Crippen LogP contribution >= 0.6 is 0 Å². The molecule has 0 saturated heterocycles. The maximum atomic E-state index is 11.7. The number of amides is 1. The summed E-state index contributed by atoms with van der Waals surface area (Å²) in [6, 6.07) is 1.59. The van der Waals surface area contributed by atoms with E-state index in [1.165, 1.54) is 0 Å². The average Bonchev–Trinajstić information content (AvgIpc) is 2.76. The van der Waals surface area contributed by atoms with E-state index in [2.05, 4.69) is 15.8 Å². The molecular formula is C12H19N3O4. The van der Waals surface area contributed by atoms with Crippen molar-refractivity contribution in [3.63, 3.8) is 0 Å². The molecule has 0 aromatic carbocycles. The molecule has 0 aliphatic carbocycles. The highest BCUT2D eigenvalue weighted by molar-refractivity contribution is 5.92. The number of nitrogens with zero attached hydrogens (tertiary/aromatic N) is 1. The molecule has 0 atom stereocenters. The third kappa shape index (κ3) is 3.78. The zero-order chi connectivity index (χ0) is 14.5. The van der Waals surface area contributed by atoms with Crippen molar-refractivity contribution in [2.24, 2.45) is 0 Å². The molecule has 106 valence electrons. The van der Waals surface area contributed by atoms with E-state index in [4.69, 9.17) is 4.52 Å². The number of carboxylic acid groups (broad SMARTS) is 1. The largest absolute Gasteiger partial charge is 0.480 e. The number of carbonyl (C=O) groups is 2. The molecule has 0 saturated carbocycles. The first-order valence-corrected chi connectivity index (χ1v) is 6.15. The molecule has 0 unspecified atom stereocenters. The van der Waals surface area contributed by atoms with Crippen molar-refractivity contribution in [2.45, 2.75) is 39.2 Å². The lowest BCUT2D eigenvalue weighted by Crippen LogP contribution is -2.53. The topological polar surface area (TPSA) is 104 Å². The highest BCUT2D eigenvalue weighted by Gasteiger charge is 2.34. The van der Waals surface area contributed by atoms with Gasteiger partial charge in [-0.15, -0.1) is 0 Å². The SMILES string of the molecule is CCC(CC)(NCC(=O)Nc1cc(C)on1)C(=O)O. The summed E-state index contributed by atoms with van der Waals surface area (Å²) in [7, 11) is 0. The van der Waals surface area contributed by atoms with E-state index in [9.17, 15) is 14.7 Å². The second-order valence-corrected chi connectivity index (χ2v) is 4.32. The Labute approximate surface area is 111 Å². The molecule has 0 aliphatic heterocycles. The number of carbonyl (C=O) groups excluding carboxylic acids is 1. The van der Waals surface area contributed by atoms with Crippen LogP contribution in [-0.2, 0) is 9.59 Å². The highest BCUT2D eigenvalue weighted by atomic mass is 16.5. The van der Waals surface area contributed by atoms with Crippen LogP contribution in [0.2, 0.25) is 0 Å². The number of aromatic nitrogens is 1. The molecule has 1 heterocycles. The quantitative estimate of drug-likeness (QED) is 0.686. The van der Waals surface area contributed by atoms with E-state index in [0.717, 1.165) is 0 Å². The molecule has 7 heteroatoms. The maximum Gasteiger partial charge on any atom is 0.323 e. The van der Waals surface area contributed by atoms with Crippen LogP contribution in [0.5, 0.6) is 0 Å². The van der Waals surface area contributed by atoms with E-state index in [1.54, 1.807) is 26.8 Å². The molecule has 19 heavy (non-hydrogen) atoms. The van der Waals surface area contributed by atoms with E-state index < -0.39 is 11.5 Å². The molecule has 1 amide bonds. The standard InChI is InChI=1S/C12H19N3O4/c1-4-12(5-2,11(17)18)13-7-10(16)14-9-6-8(3)19-15-9/h6,13H,4-5,7H2,1-3H3,(H,17,18)(H,14,15,16). The summed E-state index contributed by atoms with van der Waals surface area (Å²) in [5.74, 6) is -0.410. The van der Waals surface area contributed by atoms with Gasteiger partial charge in [-0.25, -0.2) is 0 Å². The zero-order valence-corrected chi connectivity index (χ0v) is 11.3. The number of aryl methyl sites for hydroxylation is 1. The van der Waals surface area contributed by atoms with Gasteiger partial charge in [0.25, 0.3) is 0 Å². The number of hydrogen-bond donors (Lipinski definition) is 3. The van der Waals surface area contributed by atoms with Gasteiger partial charge in [0.2, 0.25) is 5.91 Å². The Morgan fingerprint density at radius 2 is 2.05 bits per heavy atom. The highest BCUT2D eigenvalue weighted by Crippen LogP contribution is 2.15. The Bertz CT molecular complexity index is 452. The second kappa shape index (κ2) is 6.33. The van der Waals surface area contributed by atoms with Gasteiger partial charge in [-0.2, -0.15) is 0 Å². The smallest absolute Gasteiger partial charge is 0.323 e. The molecule has 0 aliphatic rings. The summed E-state index contributed by atoms with van der Waals surface area (Å²) in [5, 5.41) is 18.1. The number of carboxylic acids is 1. The summed E-state index contributed by atoms with van der Waals surface area (Å²) in [4.78, 5) is 22.9. The number of nitrogens with one attached hydrogen (secondary N) is 2. The fourth-order valence-electron chi connectivity index (χ4n) is 1.74. The van der Waals surface area contributed by atoms with Crippen LogP contribution in [0.15, 0.2) is 10.6 Å². The third-order valence-electron chi connectivity index (χ3n) is 3.10. The monoisotopic (exact) mass is 269 g/mol. The van der Waals surface area contributed by atoms with Crippen molar-refractivity contribution in [3.05, 3.63) is 11.8 Å². The van der Waals surface area contributed by atoms with Gasteiger partial charge >= 0.3 is 5.97 Å². The van der Waals surface area contributed by atoms with E-state index in [-0.39, 0.29) is 12.5 Å². The first kappa shape index (κ1) is 15.2. The predicted molar refractivity (Wildman–Crippen MR) is 68.8 cm³/mol. The van der Waals surface area contributed by atoms with Gasteiger partial charge in [0.1, 0.15) is 11.3 Å². The Balaban J connectivity index is 2.55. The van der Waals surface area contributed by atoms with E-state index in [0.29, 0.717) is 24.4 Å². The molecule has 0 bridgehead atoms. The van der Waals surface area contributed by atoms with Crippen LogP contribution in [-0.4, -0.2) is 34.2 Å². The van der Waals surface area contributed by atoms with Gasteiger partial charge in [0, 0.05) is 6.07 Å². The minimum absolute atomic E-state index is 0.0973. The van der Waals surface area contributed by atoms with E-state index in [1.807, 2.05) is 0 Å². The molecule has 1 aromatic rings. The normalized spacial score (nSPS) is 11.3. The van der Waals surface area contributed by atoms with Crippen molar-refractivity contribution in [3.8, 4) is 0 Å². The Hall–Kier alpha value is -1.89. The predicted octanol–water partition coefficient (Wildman–Crippen LogP) is 1.15. The number of anilines is 1. The summed E-state index contributed by atoms with van der Waals surface area (Å²) < 4.78 is 4.81. The molecule has 3 N–H and O–H groups in total. The Kier molecular flexibility index (Phi) is 5.05. The van der Waals surface area contributed by atoms with Crippen molar-refractivity contribution in [1.29, 1.82) is 0 Å². The molecule has 1 rings (SSSR count).